The van der Waals surface area contributed by atoms with Crippen LogP contribution in [0.1, 0.15) is 16.9 Å². The van der Waals surface area contributed by atoms with E-state index in [0.717, 1.165) is 10.0 Å². The topological polar surface area (TPSA) is 30.2 Å². The largest absolute Gasteiger partial charge is 0.456 e. The zero-order chi connectivity index (χ0) is 12.6. The van der Waals surface area contributed by atoms with Crippen molar-refractivity contribution in [2.45, 2.75) is 6.92 Å². The minimum atomic E-state index is -0.0771. The Morgan fingerprint density at radius 2 is 2.00 bits per heavy atom. The van der Waals surface area contributed by atoms with Crippen molar-refractivity contribution in [3.05, 3.63) is 56.9 Å². The molecule has 0 fully saturated rings. The first-order valence-electron chi connectivity index (χ1n) is 5.11. The molecule has 86 valence electrons. The first-order chi connectivity index (χ1) is 8.10. The molecule has 0 aliphatic rings. The Labute approximate surface area is 107 Å². The lowest BCUT2D eigenvalue weighted by atomic mass is 10.1. The number of hydrogen-bond acceptors (Lipinski definition) is 2. The Bertz CT molecular complexity index is 681. The first kappa shape index (κ1) is 11.9. The highest BCUT2D eigenvalue weighted by molar-refractivity contribution is 9.10. The van der Waals surface area contributed by atoms with E-state index in [2.05, 4.69) is 29.1 Å². The lowest BCUT2D eigenvalue weighted by Gasteiger charge is -2.06. The van der Waals surface area contributed by atoms with Crippen LogP contribution >= 0.6 is 15.9 Å². The molecule has 0 atom stereocenters. The summed E-state index contributed by atoms with van der Waals surface area (Å²) in [5.41, 5.74) is 1.86. The molecule has 1 heterocycles. The van der Waals surface area contributed by atoms with Gasteiger partial charge in [-0.05, 0) is 25.1 Å². The van der Waals surface area contributed by atoms with E-state index in [-0.39, 0.29) is 5.43 Å². The Morgan fingerprint density at radius 1 is 1.29 bits per heavy atom. The van der Waals surface area contributed by atoms with Crippen molar-refractivity contribution in [3.8, 4) is 0 Å². The van der Waals surface area contributed by atoms with E-state index in [0.29, 0.717) is 22.3 Å². The van der Waals surface area contributed by atoms with Gasteiger partial charge in [-0.1, -0.05) is 35.2 Å². The summed E-state index contributed by atoms with van der Waals surface area (Å²) in [6.07, 6.45) is 3.03. The van der Waals surface area contributed by atoms with Crippen LogP contribution in [0.2, 0.25) is 0 Å². The van der Waals surface area contributed by atoms with Crippen LogP contribution in [-0.2, 0) is 0 Å². The summed E-state index contributed by atoms with van der Waals surface area (Å²) in [4.78, 5) is 12.2. The van der Waals surface area contributed by atoms with E-state index >= 15 is 0 Å². The number of halogens is 1. The molecular formula is C14H11BrO2. The zero-order valence-electron chi connectivity index (χ0n) is 9.42. The second kappa shape index (κ2) is 4.34. The molecule has 0 radical (unpaired) electrons. The third-order valence-corrected chi connectivity index (χ3v) is 3.56. The summed E-state index contributed by atoms with van der Waals surface area (Å²) >= 11 is 3.41. The van der Waals surface area contributed by atoms with Crippen LogP contribution in [0.15, 0.2) is 39.0 Å². The Balaban J connectivity index is 3.06. The highest BCUT2D eigenvalue weighted by Gasteiger charge is 2.12. The molecule has 0 aliphatic heterocycles. The van der Waals surface area contributed by atoms with E-state index in [1.54, 1.807) is 6.07 Å². The van der Waals surface area contributed by atoms with Gasteiger partial charge in [-0.25, -0.2) is 0 Å². The van der Waals surface area contributed by atoms with E-state index in [1.165, 1.54) is 12.2 Å². The van der Waals surface area contributed by atoms with Gasteiger partial charge in [0.2, 0.25) is 5.43 Å². The Morgan fingerprint density at radius 3 is 2.59 bits per heavy atom. The fourth-order valence-corrected chi connectivity index (χ4v) is 2.06. The minimum Gasteiger partial charge on any atom is -0.456 e. The average molecular weight is 291 g/mol. The SMILES string of the molecule is C=Cc1oc2c(C)c(Br)ccc2c(=O)c1C=C. The predicted molar refractivity (Wildman–Crippen MR) is 75.1 cm³/mol. The molecule has 0 saturated heterocycles. The molecule has 17 heavy (non-hydrogen) atoms. The highest BCUT2D eigenvalue weighted by Crippen LogP contribution is 2.26. The van der Waals surface area contributed by atoms with E-state index in [4.69, 9.17) is 4.42 Å². The molecule has 0 N–H and O–H groups in total. The van der Waals surface area contributed by atoms with E-state index < -0.39 is 0 Å². The Hall–Kier alpha value is -1.61. The summed E-state index contributed by atoms with van der Waals surface area (Å²) in [5, 5.41) is 0.561. The van der Waals surface area contributed by atoms with Crippen LogP contribution in [-0.4, -0.2) is 0 Å². The zero-order valence-corrected chi connectivity index (χ0v) is 11.0. The van der Waals surface area contributed by atoms with Crippen LogP contribution in [0.4, 0.5) is 0 Å². The molecule has 0 unspecified atom stereocenters. The van der Waals surface area contributed by atoms with Gasteiger partial charge in [0.1, 0.15) is 11.3 Å². The third-order valence-electron chi connectivity index (χ3n) is 2.70. The molecule has 2 rings (SSSR count). The van der Waals surface area contributed by atoms with Crippen molar-refractivity contribution >= 4 is 39.1 Å². The summed E-state index contributed by atoms with van der Waals surface area (Å²) in [6, 6.07) is 3.59. The third kappa shape index (κ3) is 1.76. The van der Waals surface area contributed by atoms with Crippen molar-refractivity contribution in [3.63, 3.8) is 0 Å². The smallest absolute Gasteiger partial charge is 0.200 e. The van der Waals surface area contributed by atoms with Gasteiger partial charge in [0.15, 0.2) is 0 Å². The standard InChI is InChI=1S/C14H11BrO2/c1-4-9-12(5-2)17-14-8(3)11(15)7-6-10(14)13(9)16/h4-7H,1-2H2,3H3. The monoisotopic (exact) mass is 290 g/mol. The molecule has 0 saturated carbocycles. The normalized spacial score (nSPS) is 10.5. The average Bonchev–Trinajstić information content (AvgIpc) is 2.33. The molecule has 0 bridgehead atoms. The first-order valence-corrected chi connectivity index (χ1v) is 5.90. The summed E-state index contributed by atoms with van der Waals surface area (Å²) < 4.78 is 6.62. The number of rotatable bonds is 2. The maximum atomic E-state index is 12.2. The van der Waals surface area contributed by atoms with Crippen molar-refractivity contribution in [2.24, 2.45) is 0 Å². The van der Waals surface area contributed by atoms with E-state index in [9.17, 15) is 4.79 Å². The van der Waals surface area contributed by atoms with Crippen molar-refractivity contribution < 1.29 is 4.42 Å². The van der Waals surface area contributed by atoms with Gasteiger partial charge in [0.05, 0.1) is 10.9 Å². The van der Waals surface area contributed by atoms with Crippen molar-refractivity contribution in [1.82, 2.24) is 0 Å². The second-order valence-corrected chi connectivity index (χ2v) is 4.52. The van der Waals surface area contributed by atoms with Crippen LogP contribution < -0.4 is 5.43 Å². The molecule has 0 aliphatic carbocycles. The fraction of sp³-hybridized carbons (Fsp3) is 0.0714. The van der Waals surface area contributed by atoms with Crippen molar-refractivity contribution in [1.29, 1.82) is 0 Å². The van der Waals surface area contributed by atoms with Crippen LogP contribution in [0.25, 0.3) is 23.1 Å². The molecule has 1 aromatic heterocycles. The predicted octanol–water partition coefficient (Wildman–Crippen LogP) is 4.15. The highest BCUT2D eigenvalue weighted by atomic mass is 79.9. The van der Waals surface area contributed by atoms with E-state index in [1.807, 2.05) is 13.0 Å². The molecule has 2 nitrogen and oxygen atoms in total. The number of fused-ring (bicyclic) bond motifs is 1. The number of aryl methyl sites for hydroxylation is 1. The molecular weight excluding hydrogens is 280 g/mol. The summed E-state index contributed by atoms with van der Waals surface area (Å²) in [5.74, 6) is 0.457. The van der Waals surface area contributed by atoms with Gasteiger partial charge in [-0.15, -0.1) is 0 Å². The van der Waals surface area contributed by atoms with Gasteiger partial charge >= 0.3 is 0 Å². The number of benzene rings is 1. The van der Waals surface area contributed by atoms with Crippen LogP contribution in [0.3, 0.4) is 0 Å². The lowest BCUT2D eigenvalue weighted by molar-refractivity contribution is 0.586. The quantitative estimate of drug-likeness (QED) is 0.832. The Kier molecular flexibility index (Phi) is 3.03. The molecule has 2 aromatic rings. The van der Waals surface area contributed by atoms with Crippen LogP contribution in [0.5, 0.6) is 0 Å². The van der Waals surface area contributed by atoms with Crippen LogP contribution in [0, 0.1) is 6.92 Å². The van der Waals surface area contributed by atoms with Gasteiger partial charge in [0.25, 0.3) is 0 Å². The second-order valence-electron chi connectivity index (χ2n) is 3.67. The molecule has 1 aromatic carbocycles. The molecule has 0 amide bonds. The maximum absolute atomic E-state index is 12.2. The lowest BCUT2D eigenvalue weighted by Crippen LogP contribution is -2.08. The summed E-state index contributed by atoms with van der Waals surface area (Å²) in [6.45, 7) is 9.18. The number of hydrogen-bond donors (Lipinski definition) is 0. The minimum absolute atomic E-state index is 0.0771. The summed E-state index contributed by atoms with van der Waals surface area (Å²) in [7, 11) is 0. The maximum Gasteiger partial charge on any atom is 0.200 e. The van der Waals surface area contributed by atoms with Gasteiger partial charge < -0.3 is 4.42 Å². The molecule has 3 heteroatoms. The molecule has 0 spiro atoms. The van der Waals surface area contributed by atoms with Crippen molar-refractivity contribution in [2.75, 3.05) is 0 Å². The fourth-order valence-electron chi connectivity index (χ4n) is 1.74. The van der Waals surface area contributed by atoms with Gasteiger partial charge in [0, 0.05) is 10.0 Å². The van der Waals surface area contributed by atoms with Gasteiger partial charge in [-0.3, -0.25) is 4.79 Å². The van der Waals surface area contributed by atoms with Gasteiger partial charge in [-0.2, -0.15) is 0 Å².